The first-order chi connectivity index (χ1) is 8.04. The smallest absolute Gasteiger partial charge is 0.326 e. The third-order valence-electron chi connectivity index (χ3n) is 2.45. The lowest BCUT2D eigenvalue weighted by Gasteiger charge is -2.16. The van der Waals surface area contributed by atoms with Crippen LogP contribution in [0.5, 0.6) is 0 Å². The molecule has 0 aromatic rings. The first-order valence-corrected chi connectivity index (χ1v) is 6.49. The molecule has 0 radical (unpaired) electrons. The highest BCUT2D eigenvalue weighted by Gasteiger charge is 2.30. The zero-order valence-corrected chi connectivity index (χ0v) is 10.4. The number of thioether (sulfide) groups is 1. The van der Waals surface area contributed by atoms with Crippen molar-refractivity contribution in [1.29, 1.82) is 0 Å². The Labute approximate surface area is 104 Å². The van der Waals surface area contributed by atoms with E-state index in [0.717, 1.165) is 24.6 Å². The second-order valence-corrected chi connectivity index (χ2v) is 4.83. The molecule has 1 rings (SSSR count). The zero-order chi connectivity index (χ0) is 12.8. The highest BCUT2D eigenvalue weighted by atomic mass is 32.2. The number of carboxylic acid groups (broad SMARTS) is 1. The maximum atomic E-state index is 11.7. The first kappa shape index (κ1) is 13.8. The molecule has 0 bridgehead atoms. The highest BCUT2D eigenvalue weighted by molar-refractivity contribution is 8.14. The summed E-state index contributed by atoms with van der Waals surface area (Å²) in [4.78, 5) is 33.5. The molecule has 96 valence electrons. The van der Waals surface area contributed by atoms with E-state index in [1.54, 1.807) is 0 Å². The molecule has 0 aromatic heterocycles. The number of hydrogen-bond donors (Lipinski definition) is 3. The number of unbranched alkanes of at least 4 members (excludes halogenated alkanes) is 1. The summed E-state index contributed by atoms with van der Waals surface area (Å²) in [6, 6.07) is -1.49. The number of hydrogen-bond acceptors (Lipinski definition) is 4. The van der Waals surface area contributed by atoms with Gasteiger partial charge in [-0.15, -0.1) is 0 Å². The van der Waals surface area contributed by atoms with Gasteiger partial charge in [-0.25, -0.2) is 4.79 Å². The van der Waals surface area contributed by atoms with E-state index in [0.29, 0.717) is 12.2 Å². The molecule has 2 amide bonds. The largest absolute Gasteiger partial charge is 0.480 e. The van der Waals surface area contributed by atoms with E-state index >= 15 is 0 Å². The van der Waals surface area contributed by atoms with Crippen LogP contribution in [-0.4, -0.2) is 40.1 Å². The number of nitrogens with one attached hydrogen (secondary N) is 2. The Morgan fingerprint density at radius 3 is 2.82 bits per heavy atom. The summed E-state index contributed by atoms with van der Waals surface area (Å²) in [5, 5.41) is 13.6. The Hall–Kier alpha value is -1.24. The monoisotopic (exact) mass is 260 g/mol. The van der Waals surface area contributed by atoms with Crippen molar-refractivity contribution in [2.45, 2.75) is 38.3 Å². The Morgan fingerprint density at radius 1 is 1.65 bits per heavy atom. The van der Waals surface area contributed by atoms with E-state index in [-0.39, 0.29) is 5.24 Å². The average Bonchev–Trinajstić information content (AvgIpc) is 2.70. The van der Waals surface area contributed by atoms with Gasteiger partial charge in [0.15, 0.2) is 0 Å². The summed E-state index contributed by atoms with van der Waals surface area (Å²) < 4.78 is 0. The molecule has 3 N–H and O–H groups in total. The summed E-state index contributed by atoms with van der Waals surface area (Å²) in [5.41, 5.74) is 0. The van der Waals surface area contributed by atoms with Crippen LogP contribution in [0, 0.1) is 0 Å². The molecule has 2 unspecified atom stereocenters. The van der Waals surface area contributed by atoms with Gasteiger partial charge >= 0.3 is 5.97 Å². The van der Waals surface area contributed by atoms with Gasteiger partial charge < -0.3 is 15.7 Å². The van der Waals surface area contributed by atoms with E-state index in [9.17, 15) is 14.4 Å². The van der Waals surface area contributed by atoms with Crippen molar-refractivity contribution < 1.29 is 19.5 Å². The highest BCUT2D eigenvalue weighted by Crippen LogP contribution is 2.13. The summed E-state index contributed by atoms with van der Waals surface area (Å²) >= 11 is 1.03. The van der Waals surface area contributed by atoms with Crippen LogP contribution < -0.4 is 10.6 Å². The van der Waals surface area contributed by atoms with E-state index in [1.165, 1.54) is 0 Å². The van der Waals surface area contributed by atoms with Crippen molar-refractivity contribution in [1.82, 2.24) is 10.6 Å². The third-order valence-corrected chi connectivity index (χ3v) is 3.33. The summed E-state index contributed by atoms with van der Waals surface area (Å²) in [5.74, 6) is -1.11. The molecule has 1 saturated heterocycles. The van der Waals surface area contributed by atoms with Gasteiger partial charge in [-0.1, -0.05) is 31.5 Å². The molecule has 0 aliphatic carbocycles. The first-order valence-electron chi connectivity index (χ1n) is 5.51. The minimum Gasteiger partial charge on any atom is -0.480 e. The van der Waals surface area contributed by atoms with Crippen LogP contribution in [0.25, 0.3) is 0 Å². The van der Waals surface area contributed by atoms with Crippen LogP contribution in [0.4, 0.5) is 4.79 Å². The molecule has 1 aliphatic heterocycles. The van der Waals surface area contributed by atoms with E-state index in [2.05, 4.69) is 10.6 Å². The molecule has 6 nitrogen and oxygen atoms in total. The Bertz CT molecular complexity index is 321. The minimum atomic E-state index is -1.04. The van der Waals surface area contributed by atoms with E-state index in [4.69, 9.17) is 5.11 Å². The van der Waals surface area contributed by atoms with Gasteiger partial charge in [0.2, 0.25) is 5.91 Å². The molecule has 7 heteroatoms. The normalized spacial score (nSPS) is 20.8. The van der Waals surface area contributed by atoms with Crippen molar-refractivity contribution >= 4 is 28.9 Å². The second kappa shape index (κ2) is 6.48. The topological polar surface area (TPSA) is 95.5 Å². The molecule has 0 aromatic carbocycles. The molecule has 1 aliphatic rings. The van der Waals surface area contributed by atoms with Crippen LogP contribution in [0.3, 0.4) is 0 Å². The van der Waals surface area contributed by atoms with Gasteiger partial charge in [0.1, 0.15) is 12.1 Å². The molecule has 1 fully saturated rings. The van der Waals surface area contributed by atoms with Crippen LogP contribution in [0.1, 0.15) is 26.2 Å². The van der Waals surface area contributed by atoms with Gasteiger partial charge in [0.05, 0.1) is 0 Å². The molecule has 0 saturated carbocycles. The number of amides is 2. The molecular formula is C10H16N2O4S. The van der Waals surface area contributed by atoms with Gasteiger partial charge in [0.25, 0.3) is 5.24 Å². The number of aliphatic carboxylic acids is 1. The summed E-state index contributed by atoms with van der Waals surface area (Å²) in [6.07, 6.45) is 2.02. The fourth-order valence-corrected chi connectivity index (χ4v) is 2.24. The van der Waals surface area contributed by atoms with E-state index in [1.807, 2.05) is 6.92 Å². The lowest BCUT2D eigenvalue weighted by molar-refractivity contribution is -0.142. The number of carboxylic acids is 1. The fourth-order valence-electron chi connectivity index (χ4n) is 1.46. The predicted octanol–water partition coefficient (Wildman–Crippen LogP) is 0.571. The van der Waals surface area contributed by atoms with Crippen molar-refractivity contribution in [3.8, 4) is 0 Å². The molecule has 2 atom stereocenters. The van der Waals surface area contributed by atoms with Crippen molar-refractivity contribution in [2.75, 3.05) is 5.75 Å². The van der Waals surface area contributed by atoms with Gasteiger partial charge in [-0.3, -0.25) is 9.59 Å². The molecule has 17 heavy (non-hydrogen) atoms. The van der Waals surface area contributed by atoms with Gasteiger partial charge in [-0.05, 0) is 6.42 Å². The van der Waals surface area contributed by atoms with Crippen molar-refractivity contribution in [3.05, 3.63) is 0 Å². The third kappa shape index (κ3) is 4.26. The van der Waals surface area contributed by atoms with Gasteiger partial charge in [-0.2, -0.15) is 0 Å². The predicted molar refractivity (Wildman–Crippen MR) is 63.9 cm³/mol. The fraction of sp³-hybridized carbons (Fsp3) is 0.700. The standard InChI is InChI=1S/C10H16N2O4S/c1-2-3-4-6(9(14)15)11-8(13)7-5-17-10(16)12-7/h6-7H,2-5H2,1H3,(H,11,13)(H,12,16)(H,14,15). The Balaban J connectivity index is 2.46. The summed E-state index contributed by atoms with van der Waals surface area (Å²) in [6.45, 7) is 1.95. The van der Waals surface area contributed by atoms with E-state index < -0.39 is 24.0 Å². The van der Waals surface area contributed by atoms with Crippen LogP contribution in [0.15, 0.2) is 0 Å². The lowest BCUT2D eigenvalue weighted by atomic mass is 10.1. The maximum absolute atomic E-state index is 11.7. The van der Waals surface area contributed by atoms with Crippen molar-refractivity contribution in [2.24, 2.45) is 0 Å². The number of carbonyl (C=O) groups excluding carboxylic acids is 2. The quantitative estimate of drug-likeness (QED) is 0.649. The van der Waals surface area contributed by atoms with Gasteiger partial charge in [0, 0.05) is 5.75 Å². The Kier molecular flexibility index (Phi) is 5.27. The minimum absolute atomic E-state index is 0.245. The summed E-state index contributed by atoms with van der Waals surface area (Å²) in [7, 11) is 0. The second-order valence-electron chi connectivity index (χ2n) is 3.84. The van der Waals surface area contributed by atoms with Crippen LogP contribution in [-0.2, 0) is 9.59 Å². The maximum Gasteiger partial charge on any atom is 0.326 e. The SMILES string of the molecule is CCCCC(NC(=O)C1CSC(=O)N1)C(=O)O. The molecule has 1 heterocycles. The average molecular weight is 260 g/mol. The van der Waals surface area contributed by atoms with Crippen molar-refractivity contribution in [3.63, 3.8) is 0 Å². The molecule has 0 spiro atoms. The van der Waals surface area contributed by atoms with Crippen LogP contribution in [0.2, 0.25) is 0 Å². The Morgan fingerprint density at radius 2 is 2.35 bits per heavy atom. The lowest BCUT2D eigenvalue weighted by Crippen LogP contribution is -2.49. The van der Waals surface area contributed by atoms with Crippen LogP contribution >= 0.6 is 11.8 Å². The zero-order valence-electron chi connectivity index (χ0n) is 9.56. The molecular weight excluding hydrogens is 244 g/mol. The number of carbonyl (C=O) groups is 3. The number of rotatable bonds is 6.